The second kappa shape index (κ2) is 8.32. The standard InChI is InChI=1S/C23H26BrN3/c1-18-20(16-23(25-18)19-6-3-2-4-7-19)10-11-26-12-14-27(15-13-26)22-9-5-8-21(24)17-22/h2-9,16-17,25H,10-15H2,1H3. The molecule has 1 N–H and O–H groups in total. The van der Waals surface area contributed by atoms with Crippen molar-refractivity contribution in [3.05, 3.63) is 76.4 Å². The predicted octanol–water partition coefficient (Wildman–Crippen LogP) is 5.12. The minimum atomic E-state index is 1.10. The first kappa shape index (κ1) is 18.3. The van der Waals surface area contributed by atoms with Gasteiger partial charge in [0, 0.05) is 54.3 Å². The monoisotopic (exact) mass is 423 g/mol. The highest BCUT2D eigenvalue weighted by Crippen LogP contribution is 2.23. The average molecular weight is 424 g/mol. The van der Waals surface area contributed by atoms with E-state index in [0.29, 0.717) is 0 Å². The molecule has 0 saturated carbocycles. The molecule has 1 fully saturated rings. The highest BCUT2D eigenvalue weighted by molar-refractivity contribution is 9.10. The Bertz CT molecular complexity index is 880. The summed E-state index contributed by atoms with van der Waals surface area (Å²) in [6.45, 7) is 7.75. The van der Waals surface area contributed by atoms with Gasteiger partial charge in [-0.25, -0.2) is 0 Å². The Morgan fingerprint density at radius 1 is 0.926 bits per heavy atom. The zero-order valence-electron chi connectivity index (χ0n) is 15.8. The molecule has 3 nitrogen and oxygen atoms in total. The summed E-state index contributed by atoms with van der Waals surface area (Å²) < 4.78 is 1.15. The number of rotatable bonds is 5. The first-order valence-corrected chi connectivity index (χ1v) is 10.4. The number of halogens is 1. The molecule has 0 bridgehead atoms. The topological polar surface area (TPSA) is 22.3 Å². The molecule has 1 aliphatic rings. The number of H-pyrrole nitrogens is 1. The first-order valence-electron chi connectivity index (χ1n) is 9.66. The fourth-order valence-corrected chi connectivity index (χ4v) is 4.20. The Balaban J connectivity index is 1.32. The zero-order valence-corrected chi connectivity index (χ0v) is 17.4. The average Bonchev–Trinajstić information content (AvgIpc) is 3.08. The van der Waals surface area contributed by atoms with E-state index in [2.05, 4.69) is 98.3 Å². The van der Waals surface area contributed by atoms with E-state index in [9.17, 15) is 0 Å². The molecule has 0 aliphatic carbocycles. The Hall–Kier alpha value is -2.04. The number of aromatic amines is 1. The number of hydrogen-bond acceptors (Lipinski definition) is 2. The van der Waals surface area contributed by atoms with Gasteiger partial charge in [0.25, 0.3) is 0 Å². The van der Waals surface area contributed by atoms with E-state index in [4.69, 9.17) is 0 Å². The Labute approximate surface area is 170 Å². The third-order valence-electron chi connectivity index (χ3n) is 5.45. The number of piperazine rings is 1. The quantitative estimate of drug-likeness (QED) is 0.615. The van der Waals surface area contributed by atoms with Crippen molar-refractivity contribution in [3.63, 3.8) is 0 Å². The summed E-state index contributed by atoms with van der Waals surface area (Å²) in [6, 6.07) is 21.5. The van der Waals surface area contributed by atoms with Crippen molar-refractivity contribution in [1.29, 1.82) is 0 Å². The van der Waals surface area contributed by atoms with Crippen molar-refractivity contribution >= 4 is 21.6 Å². The van der Waals surface area contributed by atoms with Crippen LogP contribution in [-0.4, -0.2) is 42.6 Å². The summed E-state index contributed by atoms with van der Waals surface area (Å²) in [5, 5.41) is 0. The van der Waals surface area contributed by atoms with Crippen LogP contribution in [-0.2, 0) is 6.42 Å². The molecule has 4 rings (SSSR count). The number of anilines is 1. The third kappa shape index (κ3) is 4.45. The van der Waals surface area contributed by atoms with Crippen LogP contribution in [0.1, 0.15) is 11.3 Å². The van der Waals surface area contributed by atoms with E-state index < -0.39 is 0 Å². The van der Waals surface area contributed by atoms with E-state index in [1.807, 2.05) is 0 Å². The molecule has 0 amide bonds. The number of aromatic nitrogens is 1. The smallest absolute Gasteiger partial charge is 0.0458 e. The predicted molar refractivity (Wildman–Crippen MR) is 117 cm³/mol. The van der Waals surface area contributed by atoms with Gasteiger partial charge < -0.3 is 9.88 Å². The van der Waals surface area contributed by atoms with Crippen molar-refractivity contribution in [3.8, 4) is 11.3 Å². The fraction of sp³-hybridized carbons (Fsp3) is 0.304. The molecule has 2 aromatic carbocycles. The lowest BCUT2D eigenvalue weighted by atomic mass is 10.1. The zero-order chi connectivity index (χ0) is 18.6. The minimum absolute atomic E-state index is 1.10. The Morgan fingerprint density at radius 2 is 1.70 bits per heavy atom. The second-order valence-electron chi connectivity index (χ2n) is 7.26. The van der Waals surface area contributed by atoms with E-state index in [1.54, 1.807) is 0 Å². The van der Waals surface area contributed by atoms with Gasteiger partial charge in [-0.15, -0.1) is 0 Å². The van der Waals surface area contributed by atoms with Crippen LogP contribution in [0.25, 0.3) is 11.3 Å². The summed E-state index contributed by atoms with van der Waals surface area (Å²) >= 11 is 3.58. The largest absolute Gasteiger partial charge is 0.369 e. The fourth-order valence-electron chi connectivity index (χ4n) is 3.81. The Morgan fingerprint density at radius 3 is 2.44 bits per heavy atom. The van der Waals surface area contributed by atoms with Crippen LogP contribution < -0.4 is 4.90 Å². The van der Waals surface area contributed by atoms with Crippen LogP contribution in [0.5, 0.6) is 0 Å². The van der Waals surface area contributed by atoms with Crippen LogP contribution in [0, 0.1) is 6.92 Å². The van der Waals surface area contributed by atoms with Crippen LogP contribution in [0.3, 0.4) is 0 Å². The van der Waals surface area contributed by atoms with Crippen molar-refractivity contribution < 1.29 is 0 Å². The molecule has 1 saturated heterocycles. The summed E-state index contributed by atoms with van der Waals surface area (Å²) in [5.74, 6) is 0. The van der Waals surface area contributed by atoms with Crippen LogP contribution >= 0.6 is 15.9 Å². The van der Waals surface area contributed by atoms with Crippen LogP contribution in [0.15, 0.2) is 65.1 Å². The number of hydrogen-bond donors (Lipinski definition) is 1. The molecule has 0 radical (unpaired) electrons. The van der Waals surface area contributed by atoms with E-state index >= 15 is 0 Å². The van der Waals surface area contributed by atoms with Gasteiger partial charge in [-0.05, 0) is 48.7 Å². The first-order chi connectivity index (χ1) is 13.2. The lowest BCUT2D eigenvalue weighted by Gasteiger charge is -2.36. The molecule has 140 valence electrons. The van der Waals surface area contributed by atoms with Crippen molar-refractivity contribution in [2.24, 2.45) is 0 Å². The number of nitrogens with one attached hydrogen (secondary N) is 1. The maximum Gasteiger partial charge on any atom is 0.0458 e. The lowest BCUT2D eigenvalue weighted by molar-refractivity contribution is 0.261. The maximum atomic E-state index is 3.58. The molecule has 0 atom stereocenters. The second-order valence-corrected chi connectivity index (χ2v) is 8.17. The molecule has 2 heterocycles. The van der Waals surface area contributed by atoms with E-state index in [-0.39, 0.29) is 0 Å². The molecular weight excluding hydrogens is 398 g/mol. The third-order valence-corrected chi connectivity index (χ3v) is 5.94. The number of nitrogens with zero attached hydrogens (tertiary/aromatic N) is 2. The highest BCUT2D eigenvalue weighted by Gasteiger charge is 2.17. The molecule has 0 spiro atoms. The lowest BCUT2D eigenvalue weighted by Crippen LogP contribution is -2.47. The van der Waals surface area contributed by atoms with E-state index in [0.717, 1.165) is 43.6 Å². The van der Waals surface area contributed by atoms with Gasteiger partial charge in [-0.2, -0.15) is 0 Å². The van der Waals surface area contributed by atoms with Gasteiger partial charge >= 0.3 is 0 Å². The molecule has 1 aromatic heterocycles. The van der Waals surface area contributed by atoms with Gasteiger partial charge in [0.1, 0.15) is 0 Å². The summed E-state index contributed by atoms with van der Waals surface area (Å²) in [7, 11) is 0. The van der Waals surface area contributed by atoms with Crippen molar-refractivity contribution in [2.45, 2.75) is 13.3 Å². The molecule has 4 heteroatoms. The van der Waals surface area contributed by atoms with Gasteiger partial charge in [-0.1, -0.05) is 52.3 Å². The minimum Gasteiger partial charge on any atom is -0.369 e. The van der Waals surface area contributed by atoms with Crippen LogP contribution in [0.2, 0.25) is 0 Å². The van der Waals surface area contributed by atoms with Crippen molar-refractivity contribution in [1.82, 2.24) is 9.88 Å². The summed E-state index contributed by atoms with van der Waals surface area (Å²) in [4.78, 5) is 8.62. The van der Waals surface area contributed by atoms with Gasteiger partial charge in [0.15, 0.2) is 0 Å². The SMILES string of the molecule is Cc1[nH]c(-c2ccccc2)cc1CCN1CCN(c2cccc(Br)c2)CC1. The molecule has 27 heavy (non-hydrogen) atoms. The molecule has 0 unspecified atom stereocenters. The molecule has 3 aromatic rings. The van der Waals surface area contributed by atoms with E-state index in [1.165, 1.54) is 28.2 Å². The van der Waals surface area contributed by atoms with Gasteiger partial charge in [0.05, 0.1) is 0 Å². The normalized spacial score (nSPS) is 15.3. The van der Waals surface area contributed by atoms with Gasteiger partial charge in [0.2, 0.25) is 0 Å². The number of benzene rings is 2. The summed E-state index contributed by atoms with van der Waals surface area (Å²) in [6.07, 6.45) is 1.10. The number of aryl methyl sites for hydroxylation is 1. The maximum absolute atomic E-state index is 3.58. The van der Waals surface area contributed by atoms with Crippen molar-refractivity contribution in [2.75, 3.05) is 37.6 Å². The summed E-state index contributed by atoms with van der Waals surface area (Å²) in [5.41, 5.74) is 6.53. The molecule has 1 aliphatic heterocycles. The molecular formula is C23H26BrN3. The van der Waals surface area contributed by atoms with Gasteiger partial charge in [-0.3, -0.25) is 4.90 Å². The van der Waals surface area contributed by atoms with Crippen LogP contribution in [0.4, 0.5) is 5.69 Å². The Kier molecular flexibility index (Phi) is 5.65. The highest BCUT2D eigenvalue weighted by atomic mass is 79.9.